The summed E-state index contributed by atoms with van der Waals surface area (Å²) in [5, 5.41) is 8.21. The first kappa shape index (κ1) is 13.5. The van der Waals surface area contributed by atoms with Gasteiger partial charge in [0.2, 0.25) is 11.8 Å². The largest absolute Gasteiger partial charge is 0.352 e. The van der Waals surface area contributed by atoms with E-state index in [0.717, 1.165) is 6.42 Å². The number of rotatable bonds is 5. The van der Waals surface area contributed by atoms with E-state index >= 15 is 0 Å². The zero-order chi connectivity index (χ0) is 13.7. The van der Waals surface area contributed by atoms with E-state index in [1.807, 2.05) is 0 Å². The minimum absolute atomic E-state index is 0.0441. The maximum absolute atomic E-state index is 13.3. The van der Waals surface area contributed by atoms with E-state index in [9.17, 15) is 14.0 Å². The molecule has 0 spiro atoms. The van der Waals surface area contributed by atoms with Gasteiger partial charge in [0.05, 0.1) is 12.2 Å². The molecule has 2 rings (SSSR count). The van der Waals surface area contributed by atoms with Crippen LogP contribution in [0.25, 0.3) is 0 Å². The molecular weight excluding hydrogens is 249 g/mol. The number of benzene rings is 1. The molecule has 0 bridgehead atoms. The molecule has 6 heteroatoms. The maximum atomic E-state index is 13.3. The van der Waals surface area contributed by atoms with Gasteiger partial charge in [0.25, 0.3) is 0 Å². The van der Waals surface area contributed by atoms with Crippen LogP contribution in [0.1, 0.15) is 12.8 Å². The van der Waals surface area contributed by atoms with Crippen LogP contribution in [0.5, 0.6) is 0 Å². The lowest BCUT2D eigenvalue weighted by atomic mass is 10.2. The Labute approximate surface area is 110 Å². The summed E-state index contributed by atoms with van der Waals surface area (Å²) in [5.41, 5.74) is 0.170. The molecule has 1 aliphatic heterocycles. The van der Waals surface area contributed by atoms with E-state index in [0.29, 0.717) is 13.0 Å². The number of carbonyl (C=O) groups is 2. The van der Waals surface area contributed by atoms with Crippen LogP contribution in [0.4, 0.5) is 10.1 Å². The number of para-hydroxylation sites is 1. The quantitative estimate of drug-likeness (QED) is 0.731. The third-order valence-electron chi connectivity index (χ3n) is 2.91. The molecule has 0 saturated carbocycles. The number of hydrogen-bond donors (Lipinski definition) is 3. The second kappa shape index (κ2) is 6.29. The fourth-order valence-corrected chi connectivity index (χ4v) is 1.95. The zero-order valence-corrected chi connectivity index (χ0v) is 10.4. The fraction of sp³-hybridized carbons (Fsp3) is 0.385. The van der Waals surface area contributed by atoms with Crippen molar-refractivity contribution in [3.05, 3.63) is 30.1 Å². The van der Waals surface area contributed by atoms with Gasteiger partial charge in [-0.2, -0.15) is 0 Å². The third-order valence-corrected chi connectivity index (χ3v) is 2.91. The van der Waals surface area contributed by atoms with E-state index in [-0.39, 0.29) is 30.1 Å². The number of hydrogen-bond acceptors (Lipinski definition) is 3. The Morgan fingerprint density at radius 3 is 2.89 bits per heavy atom. The van der Waals surface area contributed by atoms with Gasteiger partial charge < -0.3 is 16.0 Å². The molecule has 0 aromatic heterocycles. The number of nitrogens with one attached hydrogen (secondary N) is 3. The lowest BCUT2D eigenvalue weighted by Gasteiger charge is -2.11. The molecule has 1 aromatic rings. The van der Waals surface area contributed by atoms with Crippen LogP contribution in [0.3, 0.4) is 0 Å². The maximum Gasteiger partial charge on any atom is 0.238 e. The van der Waals surface area contributed by atoms with Gasteiger partial charge in [-0.05, 0) is 18.6 Å². The average molecular weight is 265 g/mol. The lowest BCUT2D eigenvalue weighted by Crippen LogP contribution is -2.38. The first-order valence-corrected chi connectivity index (χ1v) is 6.19. The predicted molar refractivity (Wildman–Crippen MR) is 69.1 cm³/mol. The molecule has 0 radical (unpaired) electrons. The van der Waals surface area contributed by atoms with Gasteiger partial charge in [0, 0.05) is 19.0 Å². The van der Waals surface area contributed by atoms with Crippen LogP contribution in [0.15, 0.2) is 24.3 Å². The van der Waals surface area contributed by atoms with E-state index in [1.54, 1.807) is 12.1 Å². The van der Waals surface area contributed by atoms with Crippen molar-refractivity contribution in [1.82, 2.24) is 10.6 Å². The summed E-state index contributed by atoms with van der Waals surface area (Å²) in [7, 11) is 0. The van der Waals surface area contributed by atoms with Gasteiger partial charge in [0.1, 0.15) is 5.82 Å². The third kappa shape index (κ3) is 4.03. The Morgan fingerprint density at radius 2 is 2.21 bits per heavy atom. The van der Waals surface area contributed by atoms with Crippen molar-refractivity contribution in [3.8, 4) is 0 Å². The van der Waals surface area contributed by atoms with Crippen molar-refractivity contribution in [2.75, 3.05) is 18.4 Å². The molecule has 102 valence electrons. The highest BCUT2D eigenvalue weighted by molar-refractivity contribution is 5.92. The minimum atomic E-state index is -0.459. The number of halogens is 1. The molecule has 19 heavy (non-hydrogen) atoms. The van der Waals surface area contributed by atoms with Gasteiger partial charge in [-0.25, -0.2) is 4.39 Å². The summed E-state index contributed by atoms with van der Waals surface area (Å²) < 4.78 is 13.3. The van der Waals surface area contributed by atoms with Crippen LogP contribution in [0.2, 0.25) is 0 Å². The Kier molecular flexibility index (Phi) is 4.46. The molecule has 1 saturated heterocycles. The molecule has 1 atom stereocenters. The van der Waals surface area contributed by atoms with Crippen LogP contribution < -0.4 is 16.0 Å². The molecule has 1 aliphatic rings. The zero-order valence-electron chi connectivity index (χ0n) is 10.4. The first-order valence-electron chi connectivity index (χ1n) is 6.19. The Hall–Kier alpha value is -1.95. The summed E-state index contributed by atoms with van der Waals surface area (Å²) in [5.74, 6) is -0.726. The molecule has 0 aliphatic carbocycles. The van der Waals surface area contributed by atoms with Gasteiger partial charge in [-0.3, -0.25) is 9.59 Å². The monoisotopic (exact) mass is 265 g/mol. The molecule has 3 N–H and O–H groups in total. The minimum Gasteiger partial charge on any atom is -0.352 e. The molecule has 2 amide bonds. The predicted octanol–water partition coefficient (Wildman–Crippen LogP) is 0.632. The Morgan fingerprint density at radius 1 is 1.42 bits per heavy atom. The SMILES string of the molecule is O=C(CNCC1CCC(=O)N1)Nc1ccccc1F. The average Bonchev–Trinajstić information content (AvgIpc) is 2.78. The van der Waals surface area contributed by atoms with Crippen LogP contribution in [-0.2, 0) is 9.59 Å². The number of amides is 2. The van der Waals surface area contributed by atoms with Crippen molar-refractivity contribution in [3.63, 3.8) is 0 Å². The molecule has 1 aromatic carbocycles. The molecular formula is C13H16FN3O2. The van der Waals surface area contributed by atoms with Gasteiger partial charge in [0.15, 0.2) is 0 Å². The van der Waals surface area contributed by atoms with Crippen LogP contribution in [0, 0.1) is 5.82 Å². The van der Waals surface area contributed by atoms with E-state index < -0.39 is 5.82 Å². The summed E-state index contributed by atoms with van der Waals surface area (Å²) in [6.45, 7) is 0.622. The lowest BCUT2D eigenvalue weighted by molar-refractivity contribution is -0.119. The highest BCUT2D eigenvalue weighted by Gasteiger charge is 2.20. The summed E-state index contributed by atoms with van der Waals surface area (Å²) >= 11 is 0. The molecule has 5 nitrogen and oxygen atoms in total. The highest BCUT2D eigenvalue weighted by atomic mass is 19.1. The number of anilines is 1. The normalized spacial score (nSPS) is 18.2. The Balaban J connectivity index is 1.70. The van der Waals surface area contributed by atoms with Crippen molar-refractivity contribution >= 4 is 17.5 Å². The van der Waals surface area contributed by atoms with Gasteiger partial charge >= 0.3 is 0 Å². The van der Waals surface area contributed by atoms with Crippen molar-refractivity contribution in [2.24, 2.45) is 0 Å². The Bertz CT molecular complexity index is 479. The summed E-state index contributed by atoms with van der Waals surface area (Å²) in [4.78, 5) is 22.5. The second-order valence-electron chi connectivity index (χ2n) is 4.46. The van der Waals surface area contributed by atoms with E-state index in [4.69, 9.17) is 0 Å². The van der Waals surface area contributed by atoms with Crippen molar-refractivity contribution in [2.45, 2.75) is 18.9 Å². The second-order valence-corrected chi connectivity index (χ2v) is 4.46. The van der Waals surface area contributed by atoms with Crippen molar-refractivity contribution in [1.29, 1.82) is 0 Å². The topological polar surface area (TPSA) is 70.2 Å². The smallest absolute Gasteiger partial charge is 0.238 e. The first-order chi connectivity index (χ1) is 9.15. The van der Waals surface area contributed by atoms with Crippen LogP contribution >= 0.6 is 0 Å². The van der Waals surface area contributed by atoms with Gasteiger partial charge in [-0.1, -0.05) is 12.1 Å². The van der Waals surface area contributed by atoms with Gasteiger partial charge in [-0.15, -0.1) is 0 Å². The molecule has 1 fully saturated rings. The van der Waals surface area contributed by atoms with E-state index in [1.165, 1.54) is 12.1 Å². The summed E-state index contributed by atoms with van der Waals surface area (Å²) in [6.07, 6.45) is 1.31. The molecule has 1 heterocycles. The summed E-state index contributed by atoms with van der Waals surface area (Å²) in [6, 6.07) is 6.09. The number of carbonyl (C=O) groups excluding carboxylic acids is 2. The highest BCUT2D eigenvalue weighted by Crippen LogP contribution is 2.11. The molecule has 1 unspecified atom stereocenters. The van der Waals surface area contributed by atoms with Crippen molar-refractivity contribution < 1.29 is 14.0 Å². The fourth-order valence-electron chi connectivity index (χ4n) is 1.95. The van der Waals surface area contributed by atoms with Crippen LogP contribution in [-0.4, -0.2) is 30.9 Å². The van der Waals surface area contributed by atoms with E-state index in [2.05, 4.69) is 16.0 Å². The standard InChI is InChI=1S/C13H16FN3O2/c14-10-3-1-2-4-11(10)17-13(19)8-15-7-9-5-6-12(18)16-9/h1-4,9,15H,5-8H2,(H,16,18)(H,17,19).